The van der Waals surface area contributed by atoms with Crippen molar-refractivity contribution in [1.82, 2.24) is 4.90 Å². The average molecular weight is 259 g/mol. The van der Waals surface area contributed by atoms with Gasteiger partial charge in [-0.1, -0.05) is 0 Å². The Hall–Kier alpha value is -1.30. The van der Waals surface area contributed by atoms with Crippen molar-refractivity contribution in [3.05, 3.63) is 0 Å². The van der Waals surface area contributed by atoms with Crippen molar-refractivity contribution in [2.24, 2.45) is 0 Å². The summed E-state index contributed by atoms with van der Waals surface area (Å²) in [6.07, 6.45) is -0.525. The predicted octanol–water partition coefficient (Wildman–Crippen LogP) is 1.49. The minimum Gasteiger partial charge on any atom is -0.480 e. The quantitative estimate of drug-likeness (QED) is 0.831. The first kappa shape index (κ1) is 14.8. The van der Waals surface area contributed by atoms with Gasteiger partial charge in [0.25, 0.3) is 0 Å². The molecule has 0 radical (unpaired) electrons. The molecule has 1 aliphatic heterocycles. The molecule has 0 aliphatic carbocycles. The van der Waals surface area contributed by atoms with E-state index in [1.165, 1.54) is 4.90 Å². The number of likely N-dealkylation sites (tertiary alicyclic amines) is 1. The molecule has 18 heavy (non-hydrogen) atoms. The molecule has 2 atom stereocenters. The van der Waals surface area contributed by atoms with Crippen LogP contribution in [0.3, 0.4) is 0 Å². The number of carbonyl (C=O) groups is 2. The first-order valence-corrected chi connectivity index (χ1v) is 6.08. The molecule has 0 spiro atoms. The molecule has 6 nitrogen and oxygen atoms in total. The van der Waals surface area contributed by atoms with Crippen molar-refractivity contribution in [2.75, 3.05) is 13.2 Å². The van der Waals surface area contributed by atoms with Gasteiger partial charge in [-0.25, -0.2) is 9.59 Å². The second-order valence-corrected chi connectivity index (χ2v) is 5.30. The molecule has 0 aromatic carbocycles. The summed E-state index contributed by atoms with van der Waals surface area (Å²) in [5.74, 6) is -1.02. The average Bonchev–Trinajstić information content (AvgIpc) is 2.59. The van der Waals surface area contributed by atoms with Crippen LogP contribution >= 0.6 is 0 Å². The molecule has 1 amide bonds. The van der Waals surface area contributed by atoms with Crippen molar-refractivity contribution < 1.29 is 24.2 Å². The summed E-state index contributed by atoms with van der Waals surface area (Å²) in [6, 6.07) is -0.864. The Labute approximate surface area is 107 Å². The Morgan fingerprint density at radius 1 is 1.39 bits per heavy atom. The zero-order valence-corrected chi connectivity index (χ0v) is 11.3. The molecule has 104 valence electrons. The summed E-state index contributed by atoms with van der Waals surface area (Å²) in [6.45, 7) is 7.84. The van der Waals surface area contributed by atoms with E-state index in [2.05, 4.69) is 0 Å². The molecule has 0 aromatic rings. The normalized spacial score (nSPS) is 24.1. The highest BCUT2D eigenvalue weighted by Crippen LogP contribution is 2.23. The lowest BCUT2D eigenvalue weighted by Gasteiger charge is -2.26. The van der Waals surface area contributed by atoms with Crippen LogP contribution in [-0.2, 0) is 14.3 Å². The number of carboxylic acid groups (broad SMARTS) is 1. The van der Waals surface area contributed by atoms with E-state index >= 15 is 0 Å². The number of carboxylic acids is 1. The topological polar surface area (TPSA) is 76.1 Å². The first-order chi connectivity index (χ1) is 8.24. The standard InChI is InChI=1S/C12H21NO5/c1-5-17-8-6-9(10(14)15)13(7-8)11(16)18-12(2,3)4/h8-9H,5-7H2,1-4H3,(H,14,15)/t8-,9-/m1/s1. The third kappa shape index (κ3) is 3.87. The molecular weight excluding hydrogens is 238 g/mol. The highest BCUT2D eigenvalue weighted by Gasteiger charge is 2.41. The van der Waals surface area contributed by atoms with E-state index in [0.717, 1.165) is 0 Å². The predicted molar refractivity (Wildman–Crippen MR) is 64.4 cm³/mol. The fourth-order valence-corrected chi connectivity index (χ4v) is 1.91. The van der Waals surface area contributed by atoms with Gasteiger partial charge < -0.3 is 14.6 Å². The minimum atomic E-state index is -1.02. The smallest absolute Gasteiger partial charge is 0.411 e. The van der Waals surface area contributed by atoms with Gasteiger partial charge in [0.2, 0.25) is 0 Å². The van der Waals surface area contributed by atoms with Gasteiger partial charge in [0, 0.05) is 13.0 Å². The van der Waals surface area contributed by atoms with E-state index in [1.807, 2.05) is 6.92 Å². The molecule has 1 rings (SSSR count). The van der Waals surface area contributed by atoms with E-state index in [-0.39, 0.29) is 12.6 Å². The van der Waals surface area contributed by atoms with Gasteiger partial charge in [0.05, 0.1) is 12.6 Å². The number of ether oxygens (including phenoxy) is 2. The number of amides is 1. The molecule has 1 N–H and O–H groups in total. The van der Waals surface area contributed by atoms with Crippen LogP contribution in [0.5, 0.6) is 0 Å². The summed E-state index contributed by atoms with van der Waals surface area (Å²) >= 11 is 0. The Morgan fingerprint density at radius 3 is 2.44 bits per heavy atom. The van der Waals surface area contributed by atoms with Crippen molar-refractivity contribution in [3.8, 4) is 0 Å². The lowest BCUT2D eigenvalue weighted by molar-refractivity contribution is -0.142. The zero-order chi connectivity index (χ0) is 13.9. The summed E-state index contributed by atoms with van der Waals surface area (Å²) in [5.41, 5.74) is -0.635. The fraction of sp³-hybridized carbons (Fsp3) is 0.833. The molecule has 1 heterocycles. The van der Waals surface area contributed by atoms with Crippen LogP contribution in [0.25, 0.3) is 0 Å². The van der Waals surface area contributed by atoms with Gasteiger partial charge in [0.15, 0.2) is 0 Å². The van der Waals surface area contributed by atoms with Crippen LogP contribution in [0.1, 0.15) is 34.1 Å². The lowest BCUT2D eigenvalue weighted by Crippen LogP contribution is -2.43. The summed E-state index contributed by atoms with van der Waals surface area (Å²) in [5, 5.41) is 9.11. The van der Waals surface area contributed by atoms with E-state index in [1.54, 1.807) is 20.8 Å². The van der Waals surface area contributed by atoms with Gasteiger partial charge in [-0.15, -0.1) is 0 Å². The van der Waals surface area contributed by atoms with Crippen LogP contribution < -0.4 is 0 Å². The molecule has 1 aliphatic rings. The van der Waals surface area contributed by atoms with Crippen LogP contribution in [0.4, 0.5) is 4.79 Å². The second kappa shape index (κ2) is 5.56. The number of aliphatic carboxylic acids is 1. The van der Waals surface area contributed by atoms with E-state index in [9.17, 15) is 9.59 Å². The fourth-order valence-electron chi connectivity index (χ4n) is 1.91. The molecule has 0 unspecified atom stereocenters. The first-order valence-electron chi connectivity index (χ1n) is 6.08. The Balaban J connectivity index is 2.72. The third-order valence-corrected chi connectivity index (χ3v) is 2.58. The number of carbonyl (C=O) groups excluding carboxylic acids is 1. The van der Waals surface area contributed by atoms with Gasteiger partial charge in [-0.05, 0) is 27.7 Å². The Kier molecular flexibility index (Phi) is 4.56. The van der Waals surface area contributed by atoms with Crippen molar-refractivity contribution in [2.45, 2.75) is 51.9 Å². The van der Waals surface area contributed by atoms with Crippen molar-refractivity contribution in [3.63, 3.8) is 0 Å². The summed E-state index contributed by atoms with van der Waals surface area (Å²) in [4.78, 5) is 24.3. The summed E-state index contributed by atoms with van der Waals surface area (Å²) in [7, 11) is 0. The Morgan fingerprint density at radius 2 is 2.00 bits per heavy atom. The maximum atomic E-state index is 11.9. The van der Waals surface area contributed by atoms with Gasteiger partial charge in [0.1, 0.15) is 11.6 Å². The number of hydrogen-bond donors (Lipinski definition) is 1. The van der Waals surface area contributed by atoms with Crippen LogP contribution in [-0.4, -0.2) is 53.0 Å². The van der Waals surface area contributed by atoms with Gasteiger partial charge >= 0.3 is 12.1 Å². The second-order valence-electron chi connectivity index (χ2n) is 5.30. The number of nitrogens with zero attached hydrogens (tertiary/aromatic N) is 1. The molecule has 1 saturated heterocycles. The monoisotopic (exact) mass is 259 g/mol. The van der Waals surface area contributed by atoms with Gasteiger partial charge in [-0.2, -0.15) is 0 Å². The van der Waals surface area contributed by atoms with E-state index in [0.29, 0.717) is 13.0 Å². The molecule has 0 aromatic heterocycles. The molecule has 0 saturated carbocycles. The zero-order valence-electron chi connectivity index (χ0n) is 11.3. The largest absolute Gasteiger partial charge is 0.480 e. The molecule has 6 heteroatoms. The molecular formula is C12H21NO5. The van der Waals surface area contributed by atoms with E-state index < -0.39 is 23.7 Å². The molecule has 1 fully saturated rings. The minimum absolute atomic E-state index is 0.233. The van der Waals surface area contributed by atoms with Crippen molar-refractivity contribution in [1.29, 1.82) is 0 Å². The number of rotatable bonds is 3. The van der Waals surface area contributed by atoms with Crippen molar-refractivity contribution >= 4 is 12.1 Å². The Bertz CT molecular complexity index is 323. The van der Waals surface area contributed by atoms with Gasteiger partial charge in [-0.3, -0.25) is 4.90 Å². The number of hydrogen-bond acceptors (Lipinski definition) is 4. The maximum Gasteiger partial charge on any atom is 0.411 e. The van der Waals surface area contributed by atoms with E-state index in [4.69, 9.17) is 14.6 Å². The highest BCUT2D eigenvalue weighted by molar-refractivity contribution is 5.81. The molecule has 0 bridgehead atoms. The van der Waals surface area contributed by atoms with Crippen LogP contribution in [0, 0.1) is 0 Å². The maximum absolute atomic E-state index is 11.9. The van der Waals surface area contributed by atoms with Crippen LogP contribution in [0.15, 0.2) is 0 Å². The third-order valence-electron chi connectivity index (χ3n) is 2.58. The summed E-state index contributed by atoms with van der Waals surface area (Å²) < 4.78 is 10.6. The highest BCUT2D eigenvalue weighted by atomic mass is 16.6. The van der Waals surface area contributed by atoms with Crippen LogP contribution in [0.2, 0.25) is 0 Å². The lowest BCUT2D eigenvalue weighted by atomic mass is 10.2. The SMILES string of the molecule is CCO[C@@H]1C[C@H](C(=O)O)N(C(=O)OC(C)(C)C)C1.